The Labute approximate surface area is 86.2 Å². The number of hydrogen-bond acceptors (Lipinski definition) is 2. The molecule has 1 aliphatic heterocycles. The molecule has 1 fully saturated rings. The standard InChI is InChI=1S/C12H19NO/c1-4-7-12(3)8-5-10(2)11(14-12)6-9-13/h6,9,13H,2,4-5,7-8H2,1,3H3/b11-6+,13-9?. The third kappa shape index (κ3) is 2.47. The van der Waals surface area contributed by atoms with Crippen LogP contribution in [0.2, 0.25) is 0 Å². The molecule has 1 rings (SSSR count). The van der Waals surface area contributed by atoms with Gasteiger partial charge in [0.25, 0.3) is 0 Å². The molecular weight excluding hydrogens is 174 g/mol. The predicted octanol–water partition coefficient (Wildman–Crippen LogP) is 3.45. The van der Waals surface area contributed by atoms with E-state index < -0.39 is 0 Å². The van der Waals surface area contributed by atoms with Crippen molar-refractivity contribution in [3.63, 3.8) is 0 Å². The largest absolute Gasteiger partial charge is 0.487 e. The highest BCUT2D eigenvalue weighted by Gasteiger charge is 2.31. The number of nitrogens with one attached hydrogen (secondary N) is 1. The van der Waals surface area contributed by atoms with Crippen LogP contribution >= 0.6 is 0 Å². The molecule has 0 amide bonds. The molecule has 1 aliphatic rings. The summed E-state index contributed by atoms with van der Waals surface area (Å²) in [5, 5.41) is 7.04. The number of ether oxygens (including phenoxy) is 1. The number of rotatable bonds is 3. The minimum absolute atomic E-state index is 0.0508. The molecule has 0 aliphatic carbocycles. The molecule has 0 radical (unpaired) electrons. The molecule has 1 N–H and O–H groups in total. The molecule has 78 valence electrons. The molecule has 0 bridgehead atoms. The van der Waals surface area contributed by atoms with Crippen LogP contribution in [0.4, 0.5) is 0 Å². The van der Waals surface area contributed by atoms with Crippen molar-refractivity contribution in [2.75, 3.05) is 0 Å². The SMILES string of the molecule is C=C1CCC(C)(CCC)O/C1=C/C=N. The van der Waals surface area contributed by atoms with Crippen molar-refractivity contribution < 1.29 is 4.74 Å². The van der Waals surface area contributed by atoms with E-state index in [2.05, 4.69) is 20.4 Å². The van der Waals surface area contributed by atoms with Gasteiger partial charge in [0, 0.05) is 6.21 Å². The molecule has 0 saturated carbocycles. The van der Waals surface area contributed by atoms with Gasteiger partial charge in [-0.2, -0.15) is 0 Å². The van der Waals surface area contributed by atoms with E-state index in [1.54, 1.807) is 6.08 Å². The Morgan fingerprint density at radius 3 is 2.93 bits per heavy atom. The van der Waals surface area contributed by atoms with E-state index in [0.717, 1.165) is 37.0 Å². The van der Waals surface area contributed by atoms with Gasteiger partial charge >= 0.3 is 0 Å². The first-order chi connectivity index (χ1) is 6.61. The van der Waals surface area contributed by atoms with Gasteiger partial charge in [0.1, 0.15) is 11.4 Å². The van der Waals surface area contributed by atoms with Crippen LogP contribution in [-0.2, 0) is 4.74 Å². The Morgan fingerprint density at radius 2 is 2.36 bits per heavy atom. The van der Waals surface area contributed by atoms with Crippen LogP contribution in [0.15, 0.2) is 24.0 Å². The van der Waals surface area contributed by atoms with Crippen molar-refractivity contribution in [1.29, 1.82) is 5.41 Å². The summed E-state index contributed by atoms with van der Waals surface area (Å²) in [7, 11) is 0. The normalized spacial score (nSPS) is 30.1. The van der Waals surface area contributed by atoms with Crippen molar-refractivity contribution in [3.8, 4) is 0 Å². The first kappa shape index (κ1) is 11.0. The third-order valence-electron chi connectivity index (χ3n) is 2.67. The summed E-state index contributed by atoms with van der Waals surface area (Å²) in [5.41, 5.74) is 0.965. The summed E-state index contributed by atoms with van der Waals surface area (Å²) in [6.07, 6.45) is 7.16. The van der Waals surface area contributed by atoms with E-state index in [-0.39, 0.29) is 5.60 Å². The molecule has 1 unspecified atom stereocenters. The van der Waals surface area contributed by atoms with E-state index in [4.69, 9.17) is 10.1 Å². The fraction of sp³-hybridized carbons (Fsp3) is 0.583. The molecule has 2 nitrogen and oxygen atoms in total. The fourth-order valence-corrected chi connectivity index (χ4v) is 1.86. The quantitative estimate of drug-likeness (QED) is 0.684. The first-order valence-corrected chi connectivity index (χ1v) is 5.19. The summed E-state index contributed by atoms with van der Waals surface area (Å²) in [6, 6.07) is 0. The van der Waals surface area contributed by atoms with Gasteiger partial charge in [-0.3, -0.25) is 0 Å². The summed E-state index contributed by atoms with van der Waals surface area (Å²) in [5.74, 6) is 0.794. The Kier molecular flexibility index (Phi) is 3.50. The molecule has 0 spiro atoms. The van der Waals surface area contributed by atoms with E-state index in [0.29, 0.717) is 0 Å². The maximum absolute atomic E-state index is 7.04. The molecule has 1 saturated heterocycles. The summed E-state index contributed by atoms with van der Waals surface area (Å²) in [4.78, 5) is 0. The smallest absolute Gasteiger partial charge is 0.124 e. The van der Waals surface area contributed by atoms with E-state index in [1.807, 2.05) is 0 Å². The zero-order valence-electron chi connectivity index (χ0n) is 9.10. The van der Waals surface area contributed by atoms with Crippen molar-refractivity contribution in [3.05, 3.63) is 24.0 Å². The molecular formula is C12H19NO. The highest BCUT2D eigenvalue weighted by Crippen LogP contribution is 2.36. The van der Waals surface area contributed by atoms with Gasteiger partial charge in [0.05, 0.1) is 0 Å². The second kappa shape index (κ2) is 4.45. The van der Waals surface area contributed by atoms with E-state index in [1.165, 1.54) is 6.21 Å². The number of allylic oxidation sites excluding steroid dienone is 2. The third-order valence-corrected chi connectivity index (χ3v) is 2.67. The van der Waals surface area contributed by atoms with Crippen LogP contribution in [0.25, 0.3) is 0 Å². The Hall–Kier alpha value is -1.05. The summed E-state index contributed by atoms with van der Waals surface area (Å²) in [6.45, 7) is 8.25. The van der Waals surface area contributed by atoms with Gasteiger partial charge in [-0.05, 0) is 37.8 Å². The molecule has 2 heteroatoms. The number of hydrogen-bond donors (Lipinski definition) is 1. The molecule has 1 atom stereocenters. The molecule has 0 aromatic rings. The zero-order chi connectivity index (χ0) is 10.6. The fourth-order valence-electron chi connectivity index (χ4n) is 1.86. The Morgan fingerprint density at radius 1 is 1.64 bits per heavy atom. The van der Waals surface area contributed by atoms with Gasteiger partial charge in [-0.1, -0.05) is 19.9 Å². The second-order valence-electron chi connectivity index (χ2n) is 4.10. The van der Waals surface area contributed by atoms with Gasteiger partial charge in [0.15, 0.2) is 0 Å². The lowest BCUT2D eigenvalue weighted by Crippen LogP contribution is -2.32. The predicted molar refractivity (Wildman–Crippen MR) is 59.6 cm³/mol. The Balaban J connectivity index is 2.75. The lowest BCUT2D eigenvalue weighted by molar-refractivity contribution is -0.00804. The molecule has 0 aromatic carbocycles. The average molecular weight is 193 g/mol. The van der Waals surface area contributed by atoms with Crippen molar-refractivity contribution in [2.45, 2.75) is 45.1 Å². The Bertz CT molecular complexity index is 267. The molecule has 0 aromatic heterocycles. The van der Waals surface area contributed by atoms with Crippen LogP contribution in [0.3, 0.4) is 0 Å². The summed E-state index contributed by atoms with van der Waals surface area (Å²) < 4.78 is 5.88. The lowest BCUT2D eigenvalue weighted by Gasteiger charge is -2.36. The minimum atomic E-state index is -0.0508. The van der Waals surface area contributed by atoms with Crippen molar-refractivity contribution in [2.24, 2.45) is 0 Å². The van der Waals surface area contributed by atoms with E-state index >= 15 is 0 Å². The van der Waals surface area contributed by atoms with Crippen LogP contribution in [-0.4, -0.2) is 11.8 Å². The van der Waals surface area contributed by atoms with Gasteiger partial charge < -0.3 is 10.1 Å². The highest BCUT2D eigenvalue weighted by atomic mass is 16.5. The van der Waals surface area contributed by atoms with Crippen LogP contribution in [0, 0.1) is 5.41 Å². The van der Waals surface area contributed by atoms with Crippen molar-refractivity contribution >= 4 is 6.21 Å². The highest BCUT2D eigenvalue weighted by molar-refractivity contribution is 5.69. The summed E-state index contributed by atoms with van der Waals surface area (Å²) >= 11 is 0. The second-order valence-corrected chi connectivity index (χ2v) is 4.10. The van der Waals surface area contributed by atoms with Gasteiger partial charge in [0.2, 0.25) is 0 Å². The first-order valence-electron chi connectivity index (χ1n) is 5.19. The van der Waals surface area contributed by atoms with Crippen LogP contribution < -0.4 is 0 Å². The van der Waals surface area contributed by atoms with Gasteiger partial charge in [-0.15, -0.1) is 0 Å². The zero-order valence-corrected chi connectivity index (χ0v) is 9.10. The van der Waals surface area contributed by atoms with Crippen LogP contribution in [0.1, 0.15) is 39.5 Å². The maximum atomic E-state index is 7.04. The average Bonchev–Trinajstić information content (AvgIpc) is 2.13. The van der Waals surface area contributed by atoms with Crippen molar-refractivity contribution in [1.82, 2.24) is 0 Å². The van der Waals surface area contributed by atoms with E-state index in [9.17, 15) is 0 Å². The minimum Gasteiger partial charge on any atom is -0.487 e. The topological polar surface area (TPSA) is 33.1 Å². The monoisotopic (exact) mass is 193 g/mol. The van der Waals surface area contributed by atoms with Crippen LogP contribution in [0.5, 0.6) is 0 Å². The molecule has 1 heterocycles. The van der Waals surface area contributed by atoms with Gasteiger partial charge in [-0.25, -0.2) is 0 Å². The maximum Gasteiger partial charge on any atom is 0.124 e. The lowest BCUT2D eigenvalue weighted by atomic mass is 9.89. The molecule has 14 heavy (non-hydrogen) atoms.